The van der Waals surface area contributed by atoms with Gasteiger partial charge in [-0.3, -0.25) is 4.79 Å². The number of aryl methyl sites for hydroxylation is 2. The van der Waals surface area contributed by atoms with E-state index in [1.165, 1.54) is 0 Å². The molecule has 2 N–H and O–H groups in total. The highest BCUT2D eigenvalue weighted by atomic mass is 16.3. The van der Waals surface area contributed by atoms with Gasteiger partial charge in [-0.2, -0.15) is 5.10 Å². The number of aromatic nitrogens is 3. The van der Waals surface area contributed by atoms with E-state index in [-0.39, 0.29) is 11.9 Å². The largest absolute Gasteiger partial charge is 0.391 e. The van der Waals surface area contributed by atoms with E-state index >= 15 is 0 Å². The molecule has 1 amide bonds. The number of hydrogen-bond acceptors (Lipinski definition) is 4. The summed E-state index contributed by atoms with van der Waals surface area (Å²) in [6, 6.07) is 1.75. The second-order valence-corrected chi connectivity index (χ2v) is 5.76. The third-order valence-corrected chi connectivity index (χ3v) is 4.07. The molecule has 0 radical (unpaired) electrons. The molecule has 2 atom stereocenters. The topological polar surface area (TPSA) is 79.5 Å². The number of nitrogens with zero attached hydrogens (tertiary/aromatic N) is 3. The molecule has 2 aromatic rings. The summed E-state index contributed by atoms with van der Waals surface area (Å²) < 4.78 is 1.67. The van der Waals surface area contributed by atoms with Crippen molar-refractivity contribution in [1.82, 2.24) is 19.9 Å². The zero-order valence-corrected chi connectivity index (χ0v) is 12.3. The van der Waals surface area contributed by atoms with Gasteiger partial charge in [0.15, 0.2) is 5.65 Å². The smallest absolute Gasteiger partial charge is 0.257 e. The van der Waals surface area contributed by atoms with Gasteiger partial charge < -0.3 is 10.4 Å². The fourth-order valence-electron chi connectivity index (χ4n) is 2.96. The quantitative estimate of drug-likeness (QED) is 0.875. The number of carbonyl (C=O) groups excluding carboxylic acids is 1. The summed E-state index contributed by atoms with van der Waals surface area (Å²) in [5.74, 6) is -0.214. The Hall–Kier alpha value is -1.95. The number of carbonyl (C=O) groups is 1. The Morgan fingerprint density at radius 3 is 2.90 bits per heavy atom. The Kier molecular flexibility index (Phi) is 3.63. The van der Waals surface area contributed by atoms with Gasteiger partial charge in [-0.05, 0) is 32.8 Å². The van der Waals surface area contributed by atoms with Crippen molar-refractivity contribution in [3.8, 4) is 0 Å². The van der Waals surface area contributed by atoms with Gasteiger partial charge in [-0.25, -0.2) is 9.50 Å². The Labute approximate surface area is 123 Å². The van der Waals surface area contributed by atoms with Crippen molar-refractivity contribution in [3.05, 3.63) is 29.2 Å². The summed E-state index contributed by atoms with van der Waals surface area (Å²) in [7, 11) is 0. The molecular formula is C15H20N4O2. The summed E-state index contributed by atoms with van der Waals surface area (Å²) in [6.07, 6.45) is 4.70. The highest BCUT2D eigenvalue weighted by Gasteiger charge is 2.26. The molecule has 0 aromatic carbocycles. The van der Waals surface area contributed by atoms with Crippen LogP contribution >= 0.6 is 0 Å². The van der Waals surface area contributed by atoms with Crippen LogP contribution in [0.2, 0.25) is 0 Å². The Bertz CT molecular complexity index is 680. The average Bonchev–Trinajstić information content (AvgIpc) is 2.85. The van der Waals surface area contributed by atoms with E-state index in [9.17, 15) is 9.90 Å². The molecule has 0 unspecified atom stereocenters. The Balaban J connectivity index is 1.88. The molecule has 112 valence electrons. The van der Waals surface area contributed by atoms with Crippen LogP contribution in [0.25, 0.3) is 5.65 Å². The molecule has 6 heteroatoms. The standard InChI is InChI=1S/C15H20N4O2/c1-9-7-10(2)19-14(17-9)11(8-16-19)15(21)18-12-5-3-4-6-13(12)20/h7-8,12-13,20H,3-6H2,1-2H3,(H,18,21)/t12-,13-/m1/s1. The third kappa shape index (κ3) is 2.63. The van der Waals surface area contributed by atoms with E-state index in [0.29, 0.717) is 11.2 Å². The summed E-state index contributed by atoms with van der Waals surface area (Å²) in [4.78, 5) is 16.8. The van der Waals surface area contributed by atoms with E-state index in [2.05, 4.69) is 15.4 Å². The zero-order valence-electron chi connectivity index (χ0n) is 12.3. The molecule has 0 aliphatic heterocycles. The van der Waals surface area contributed by atoms with Crippen LogP contribution in [0, 0.1) is 13.8 Å². The lowest BCUT2D eigenvalue weighted by Gasteiger charge is -2.28. The van der Waals surface area contributed by atoms with E-state index in [1.54, 1.807) is 10.7 Å². The van der Waals surface area contributed by atoms with Crippen LogP contribution in [0.5, 0.6) is 0 Å². The maximum atomic E-state index is 12.4. The lowest BCUT2D eigenvalue weighted by molar-refractivity contribution is 0.0718. The SMILES string of the molecule is Cc1cc(C)n2ncc(C(=O)N[C@@H]3CCCC[C@H]3O)c2n1. The first-order chi connectivity index (χ1) is 10.1. The summed E-state index contributed by atoms with van der Waals surface area (Å²) >= 11 is 0. The molecule has 1 aliphatic carbocycles. The molecule has 3 rings (SSSR count). The van der Waals surface area contributed by atoms with Gasteiger partial charge in [-0.15, -0.1) is 0 Å². The lowest BCUT2D eigenvalue weighted by atomic mass is 9.92. The van der Waals surface area contributed by atoms with Gasteiger partial charge in [0.2, 0.25) is 0 Å². The number of rotatable bonds is 2. The van der Waals surface area contributed by atoms with E-state index in [1.807, 2.05) is 19.9 Å². The number of aliphatic hydroxyl groups excluding tert-OH is 1. The molecule has 0 spiro atoms. The minimum Gasteiger partial charge on any atom is -0.391 e. The highest BCUT2D eigenvalue weighted by Crippen LogP contribution is 2.19. The van der Waals surface area contributed by atoms with Crippen LogP contribution in [0.15, 0.2) is 12.3 Å². The van der Waals surface area contributed by atoms with Crippen molar-refractivity contribution in [2.45, 2.75) is 51.7 Å². The monoisotopic (exact) mass is 288 g/mol. The van der Waals surface area contributed by atoms with E-state index in [0.717, 1.165) is 37.1 Å². The van der Waals surface area contributed by atoms with E-state index in [4.69, 9.17) is 0 Å². The fraction of sp³-hybridized carbons (Fsp3) is 0.533. The molecule has 0 saturated heterocycles. The van der Waals surface area contributed by atoms with Gasteiger partial charge in [0, 0.05) is 11.4 Å². The number of fused-ring (bicyclic) bond motifs is 1. The molecular weight excluding hydrogens is 268 g/mol. The van der Waals surface area contributed by atoms with Crippen molar-refractivity contribution in [3.63, 3.8) is 0 Å². The second kappa shape index (κ2) is 5.44. The summed E-state index contributed by atoms with van der Waals surface area (Å²) in [5, 5.41) is 17.1. The van der Waals surface area contributed by atoms with Gasteiger partial charge in [0.05, 0.1) is 18.3 Å². The van der Waals surface area contributed by atoms with Crippen molar-refractivity contribution >= 4 is 11.6 Å². The second-order valence-electron chi connectivity index (χ2n) is 5.76. The van der Waals surface area contributed by atoms with Crippen LogP contribution in [0.4, 0.5) is 0 Å². The summed E-state index contributed by atoms with van der Waals surface area (Å²) in [5.41, 5.74) is 2.82. The molecule has 1 aliphatic rings. The zero-order chi connectivity index (χ0) is 15.0. The minimum atomic E-state index is -0.457. The van der Waals surface area contributed by atoms with Crippen molar-refractivity contribution in [2.75, 3.05) is 0 Å². The van der Waals surface area contributed by atoms with Crippen LogP contribution < -0.4 is 5.32 Å². The molecule has 2 aromatic heterocycles. The van der Waals surface area contributed by atoms with Crippen LogP contribution in [0.1, 0.15) is 47.4 Å². The highest BCUT2D eigenvalue weighted by molar-refractivity contribution is 5.99. The van der Waals surface area contributed by atoms with Gasteiger partial charge in [0.25, 0.3) is 5.91 Å². The lowest BCUT2D eigenvalue weighted by Crippen LogP contribution is -2.45. The molecule has 1 fully saturated rings. The predicted molar refractivity (Wildman–Crippen MR) is 78.2 cm³/mol. The van der Waals surface area contributed by atoms with Crippen LogP contribution in [0.3, 0.4) is 0 Å². The number of nitrogens with one attached hydrogen (secondary N) is 1. The van der Waals surface area contributed by atoms with Gasteiger partial charge >= 0.3 is 0 Å². The van der Waals surface area contributed by atoms with Crippen molar-refractivity contribution < 1.29 is 9.90 Å². The maximum absolute atomic E-state index is 12.4. The molecule has 1 saturated carbocycles. The first kappa shape index (κ1) is 14.0. The molecule has 0 bridgehead atoms. The normalized spacial score (nSPS) is 22.4. The van der Waals surface area contributed by atoms with Crippen LogP contribution in [-0.4, -0.2) is 37.8 Å². The first-order valence-electron chi connectivity index (χ1n) is 7.37. The number of aliphatic hydroxyl groups is 1. The van der Waals surface area contributed by atoms with Gasteiger partial charge in [-0.1, -0.05) is 12.8 Å². The maximum Gasteiger partial charge on any atom is 0.257 e. The first-order valence-corrected chi connectivity index (χ1v) is 7.37. The third-order valence-electron chi connectivity index (χ3n) is 4.07. The average molecular weight is 288 g/mol. The van der Waals surface area contributed by atoms with Crippen LogP contribution in [-0.2, 0) is 0 Å². The van der Waals surface area contributed by atoms with Gasteiger partial charge in [0.1, 0.15) is 5.56 Å². The van der Waals surface area contributed by atoms with Crippen molar-refractivity contribution in [2.24, 2.45) is 0 Å². The molecule has 21 heavy (non-hydrogen) atoms. The van der Waals surface area contributed by atoms with E-state index < -0.39 is 6.10 Å². The van der Waals surface area contributed by atoms with Crippen molar-refractivity contribution in [1.29, 1.82) is 0 Å². The molecule has 2 heterocycles. The molecule has 6 nitrogen and oxygen atoms in total. The number of amides is 1. The number of hydrogen-bond donors (Lipinski definition) is 2. The fourth-order valence-corrected chi connectivity index (χ4v) is 2.96. The Morgan fingerprint density at radius 1 is 1.38 bits per heavy atom. The Morgan fingerprint density at radius 2 is 2.14 bits per heavy atom. The summed E-state index contributed by atoms with van der Waals surface area (Å²) in [6.45, 7) is 3.83. The minimum absolute atomic E-state index is 0.174. The predicted octanol–water partition coefficient (Wildman–Crippen LogP) is 1.38.